The van der Waals surface area contributed by atoms with Gasteiger partial charge in [-0.25, -0.2) is 0 Å². The Morgan fingerprint density at radius 1 is 0.875 bits per heavy atom. The summed E-state index contributed by atoms with van der Waals surface area (Å²) in [6, 6.07) is 26.9. The Morgan fingerprint density at radius 2 is 1.70 bits per heavy atom. The van der Waals surface area contributed by atoms with Crippen LogP contribution in [0.1, 0.15) is 50.5 Å². The lowest BCUT2D eigenvalue weighted by Gasteiger charge is -2.27. The fourth-order valence-corrected chi connectivity index (χ4v) is 5.65. The van der Waals surface area contributed by atoms with Gasteiger partial charge in [0, 0.05) is 29.9 Å². The summed E-state index contributed by atoms with van der Waals surface area (Å²) in [6.07, 6.45) is 3.53. The molecule has 3 aliphatic heterocycles. The predicted molar refractivity (Wildman–Crippen MR) is 149 cm³/mol. The zero-order valence-electron chi connectivity index (χ0n) is 21.7. The van der Waals surface area contributed by atoms with Crippen molar-refractivity contribution >= 4 is 17.8 Å². The number of rotatable bonds is 6. The molecule has 0 saturated carbocycles. The minimum atomic E-state index is -0.386. The van der Waals surface area contributed by atoms with Crippen molar-refractivity contribution in [2.75, 3.05) is 13.2 Å². The molecule has 0 radical (unpaired) electrons. The van der Waals surface area contributed by atoms with Crippen molar-refractivity contribution in [3.63, 3.8) is 0 Å². The normalized spacial score (nSPS) is 17.9. The summed E-state index contributed by atoms with van der Waals surface area (Å²) in [6.45, 7) is 1.21. The lowest BCUT2D eigenvalue weighted by molar-refractivity contribution is -0.135. The van der Waals surface area contributed by atoms with Crippen LogP contribution >= 0.6 is 0 Å². The Bertz CT molecular complexity index is 1670. The van der Waals surface area contributed by atoms with E-state index in [1.807, 2.05) is 60.7 Å². The minimum absolute atomic E-state index is 0.115. The van der Waals surface area contributed by atoms with E-state index in [1.165, 1.54) is 11.1 Å². The molecule has 0 bridgehead atoms. The SMILES string of the molecule is O=C1C[C@@H](c2ccccc2OCCc2ccc3c(c2)CCO3)c2c(ccc3c2O/C(=C\c2ccccc2)C3=O)O1. The van der Waals surface area contributed by atoms with E-state index in [4.69, 9.17) is 18.9 Å². The number of carbonyl (C=O) groups is 2. The molecule has 0 fully saturated rings. The highest BCUT2D eigenvalue weighted by atomic mass is 16.5. The van der Waals surface area contributed by atoms with Gasteiger partial charge in [0.1, 0.15) is 23.0 Å². The average Bonchev–Trinajstić information content (AvgIpc) is 3.57. The Morgan fingerprint density at radius 3 is 2.60 bits per heavy atom. The van der Waals surface area contributed by atoms with E-state index in [-0.39, 0.29) is 29.9 Å². The Kier molecular flexibility index (Phi) is 6.08. The van der Waals surface area contributed by atoms with Crippen LogP contribution in [-0.4, -0.2) is 25.0 Å². The molecule has 0 saturated heterocycles. The van der Waals surface area contributed by atoms with Gasteiger partial charge in [0.05, 0.1) is 25.2 Å². The zero-order chi connectivity index (χ0) is 27.1. The molecule has 0 N–H and O–H groups in total. The maximum absolute atomic E-state index is 13.3. The standard InChI is InChI=1S/C34H26O6/c35-31-20-26(24-8-4-5-9-28(24)38-16-14-22-10-12-27-23(18-22)15-17-37-27)32-29(39-31)13-11-25-33(36)30(40-34(25)32)19-21-6-2-1-3-7-21/h1-13,18-19,26H,14-17,20H2/b30-19-/t26-/m0/s1. The number of Topliss-reactive ketones (excluding diaryl/α,β-unsaturated/α-hetero) is 1. The number of para-hydroxylation sites is 1. The number of esters is 1. The monoisotopic (exact) mass is 530 g/mol. The first-order valence-electron chi connectivity index (χ1n) is 13.5. The predicted octanol–water partition coefficient (Wildman–Crippen LogP) is 6.30. The Balaban J connectivity index is 1.19. The van der Waals surface area contributed by atoms with E-state index in [1.54, 1.807) is 18.2 Å². The summed E-state index contributed by atoms with van der Waals surface area (Å²) in [5.41, 5.74) is 5.30. The van der Waals surface area contributed by atoms with Crippen LogP contribution < -0.4 is 18.9 Å². The van der Waals surface area contributed by atoms with E-state index in [0.29, 0.717) is 35.0 Å². The first-order chi connectivity index (χ1) is 19.6. The summed E-state index contributed by atoms with van der Waals surface area (Å²) >= 11 is 0. The largest absolute Gasteiger partial charge is 0.493 e. The molecule has 0 aromatic heterocycles. The van der Waals surface area contributed by atoms with Crippen LogP contribution in [-0.2, 0) is 17.6 Å². The fraction of sp³-hybridized carbons (Fsp3) is 0.176. The number of allylic oxidation sites excluding steroid dienone is 1. The van der Waals surface area contributed by atoms with Gasteiger partial charge in [0.25, 0.3) is 0 Å². The van der Waals surface area contributed by atoms with Crippen molar-refractivity contribution in [3.8, 4) is 23.0 Å². The molecule has 0 amide bonds. The second-order valence-electron chi connectivity index (χ2n) is 10.1. The molecular formula is C34H26O6. The van der Waals surface area contributed by atoms with Crippen LogP contribution in [0.25, 0.3) is 6.08 Å². The molecule has 7 rings (SSSR count). The maximum atomic E-state index is 13.3. The number of fused-ring (bicyclic) bond motifs is 4. The van der Waals surface area contributed by atoms with Crippen molar-refractivity contribution < 1.29 is 28.5 Å². The van der Waals surface area contributed by atoms with Crippen molar-refractivity contribution in [3.05, 3.63) is 124 Å². The molecule has 3 aliphatic rings. The minimum Gasteiger partial charge on any atom is -0.493 e. The van der Waals surface area contributed by atoms with Crippen LogP contribution in [0.15, 0.2) is 90.7 Å². The van der Waals surface area contributed by atoms with Crippen molar-refractivity contribution in [2.24, 2.45) is 0 Å². The van der Waals surface area contributed by atoms with E-state index in [2.05, 4.69) is 12.1 Å². The van der Waals surface area contributed by atoms with Crippen molar-refractivity contribution in [1.29, 1.82) is 0 Å². The molecule has 3 heterocycles. The molecule has 6 heteroatoms. The lowest BCUT2D eigenvalue weighted by Crippen LogP contribution is -2.22. The molecule has 0 spiro atoms. The molecule has 4 aromatic rings. The third-order valence-electron chi connectivity index (χ3n) is 7.57. The quantitative estimate of drug-likeness (QED) is 0.166. The van der Waals surface area contributed by atoms with Gasteiger partial charge in [-0.05, 0) is 47.0 Å². The average molecular weight is 531 g/mol. The number of ether oxygens (including phenoxy) is 4. The van der Waals surface area contributed by atoms with Crippen LogP contribution in [0.3, 0.4) is 0 Å². The summed E-state index contributed by atoms with van der Waals surface area (Å²) in [5.74, 6) is 1.84. The summed E-state index contributed by atoms with van der Waals surface area (Å²) in [4.78, 5) is 26.0. The maximum Gasteiger partial charge on any atom is 0.312 e. The molecule has 0 unspecified atom stereocenters. The van der Waals surface area contributed by atoms with Crippen LogP contribution in [0.4, 0.5) is 0 Å². The number of hydrogen-bond donors (Lipinski definition) is 0. The number of ketones is 1. The van der Waals surface area contributed by atoms with E-state index in [0.717, 1.165) is 36.3 Å². The Hall–Kier alpha value is -4.84. The molecular weight excluding hydrogens is 504 g/mol. The highest BCUT2D eigenvalue weighted by molar-refractivity contribution is 6.15. The van der Waals surface area contributed by atoms with E-state index >= 15 is 0 Å². The summed E-state index contributed by atoms with van der Waals surface area (Å²) in [7, 11) is 0. The number of carbonyl (C=O) groups excluding carboxylic acids is 2. The third kappa shape index (κ3) is 4.41. The van der Waals surface area contributed by atoms with Gasteiger partial charge in [-0.2, -0.15) is 0 Å². The summed E-state index contributed by atoms with van der Waals surface area (Å²) < 4.78 is 23.7. The van der Waals surface area contributed by atoms with Gasteiger partial charge in [-0.3, -0.25) is 9.59 Å². The van der Waals surface area contributed by atoms with Gasteiger partial charge in [-0.1, -0.05) is 60.7 Å². The van der Waals surface area contributed by atoms with Crippen LogP contribution in [0.5, 0.6) is 23.0 Å². The van der Waals surface area contributed by atoms with E-state index < -0.39 is 0 Å². The third-order valence-corrected chi connectivity index (χ3v) is 7.57. The first-order valence-corrected chi connectivity index (χ1v) is 13.5. The molecule has 0 aliphatic carbocycles. The molecule has 4 aromatic carbocycles. The van der Waals surface area contributed by atoms with Gasteiger partial charge in [0.2, 0.25) is 5.78 Å². The highest BCUT2D eigenvalue weighted by Gasteiger charge is 2.39. The topological polar surface area (TPSA) is 71.1 Å². The highest BCUT2D eigenvalue weighted by Crippen LogP contribution is 2.50. The van der Waals surface area contributed by atoms with Crippen LogP contribution in [0.2, 0.25) is 0 Å². The van der Waals surface area contributed by atoms with E-state index in [9.17, 15) is 9.59 Å². The molecule has 198 valence electrons. The Labute approximate surface area is 231 Å². The smallest absolute Gasteiger partial charge is 0.312 e. The second kappa shape index (κ2) is 10.0. The van der Waals surface area contributed by atoms with Gasteiger partial charge < -0.3 is 18.9 Å². The van der Waals surface area contributed by atoms with Crippen LogP contribution in [0, 0.1) is 0 Å². The number of hydrogen-bond acceptors (Lipinski definition) is 6. The van der Waals surface area contributed by atoms with Crippen molar-refractivity contribution in [2.45, 2.75) is 25.2 Å². The van der Waals surface area contributed by atoms with Gasteiger partial charge in [0.15, 0.2) is 5.76 Å². The lowest BCUT2D eigenvalue weighted by atomic mass is 9.84. The summed E-state index contributed by atoms with van der Waals surface area (Å²) in [5, 5.41) is 0. The molecule has 1 atom stereocenters. The zero-order valence-corrected chi connectivity index (χ0v) is 21.7. The fourth-order valence-electron chi connectivity index (χ4n) is 5.65. The second-order valence-corrected chi connectivity index (χ2v) is 10.1. The van der Waals surface area contributed by atoms with Crippen molar-refractivity contribution in [1.82, 2.24) is 0 Å². The first kappa shape index (κ1) is 24.2. The molecule has 6 nitrogen and oxygen atoms in total. The molecule has 40 heavy (non-hydrogen) atoms. The number of benzene rings is 4. The van der Waals surface area contributed by atoms with Gasteiger partial charge in [-0.15, -0.1) is 0 Å². The van der Waals surface area contributed by atoms with Gasteiger partial charge >= 0.3 is 5.97 Å².